The summed E-state index contributed by atoms with van der Waals surface area (Å²) in [5.74, 6) is 5.88. The van der Waals surface area contributed by atoms with Gasteiger partial charge in [0, 0.05) is 24.1 Å². The van der Waals surface area contributed by atoms with Crippen molar-refractivity contribution in [1.29, 1.82) is 0 Å². The van der Waals surface area contributed by atoms with Crippen molar-refractivity contribution in [3.8, 4) is 11.8 Å². The molecule has 2 unspecified atom stereocenters. The molecule has 3 heterocycles. The smallest absolute Gasteiger partial charge is 0.254 e. The number of hydrogen-bond acceptors (Lipinski definition) is 5. The minimum Gasteiger partial charge on any atom is -0.372 e. The highest BCUT2D eigenvalue weighted by atomic mass is 16.5. The molecule has 7 nitrogen and oxygen atoms in total. The van der Waals surface area contributed by atoms with E-state index < -0.39 is 12.3 Å². The number of amides is 2. The van der Waals surface area contributed by atoms with Gasteiger partial charge < -0.3 is 25.4 Å². The van der Waals surface area contributed by atoms with E-state index in [1.807, 2.05) is 12.1 Å². The minimum atomic E-state index is -1.02. The minimum absolute atomic E-state index is 0.107. The Morgan fingerprint density at radius 3 is 2.82 bits per heavy atom. The van der Waals surface area contributed by atoms with Crippen LogP contribution in [0.3, 0.4) is 0 Å². The Morgan fingerprint density at radius 2 is 2.04 bits per heavy atom. The van der Waals surface area contributed by atoms with Crippen LogP contribution in [0.15, 0.2) is 18.2 Å². The quantitative estimate of drug-likeness (QED) is 0.656. The molecule has 1 aromatic carbocycles. The van der Waals surface area contributed by atoms with E-state index in [-0.39, 0.29) is 17.9 Å². The number of carbonyl (C=O) groups is 2. The molecule has 3 aliphatic heterocycles. The van der Waals surface area contributed by atoms with Gasteiger partial charge in [0.15, 0.2) is 0 Å². The first-order valence-electron chi connectivity index (χ1n) is 9.84. The highest BCUT2D eigenvalue weighted by molar-refractivity contribution is 5.98. The predicted molar refractivity (Wildman–Crippen MR) is 102 cm³/mol. The van der Waals surface area contributed by atoms with Crippen molar-refractivity contribution >= 4 is 11.8 Å². The van der Waals surface area contributed by atoms with E-state index in [1.54, 1.807) is 11.0 Å². The second kappa shape index (κ2) is 8.31. The first-order valence-corrected chi connectivity index (χ1v) is 9.84. The number of nitrogens with zero attached hydrogens (tertiary/aromatic N) is 1. The Balaban J connectivity index is 1.38. The molecule has 4 rings (SSSR count). The molecule has 2 atom stereocenters. The van der Waals surface area contributed by atoms with Gasteiger partial charge in [-0.05, 0) is 56.1 Å². The molecule has 28 heavy (non-hydrogen) atoms. The third kappa shape index (κ3) is 4.04. The van der Waals surface area contributed by atoms with Crippen LogP contribution in [0.2, 0.25) is 0 Å². The van der Waals surface area contributed by atoms with Gasteiger partial charge in [-0.2, -0.15) is 0 Å². The molecule has 1 aromatic rings. The lowest BCUT2D eigenvalue weighted by Crippen LogP contribution is -2.55. The molecule has 0 saturated carbocycles. The molecule has 2 amide bonds. The van der Waals surface area contributed by atoms with Gasteiger partial charge in [-0.25, -0.2) is 0 Å². The van der Waals surface area contributed by atoms with Gasteiger partial charge in [0.25, 0.3) is 5.91 Å². The lowest BCUT2D eigenvalue weighted by Gasteiger charge is -2.35. The zero-order valence-corrected chi connectivity index (χ0v) is 15.7. The van der Waals surface area contributed by atoms with Crippen LogP contribution >= 0.6 is 0 Å². The summed E-state index contributed by atoms with van der Waals surface area (Å²) in [5, 5.41) is 16.0. The van der Waals surface area contributed by atoms with Crippen LogP contribution in [0.5, 0.6) is 0 Å². The van der Waals surface area contributed by atoms with Crippen molar-refractivity contribution in [1.82, 2.24) is 15.5 Å². The average molecular weight is 383 g/mol. The summed E-state index contributed by atoms with van der Waals surface area (Å²) in [7, 11) is 0. The summed E-state index contributed by atoms with van der Waals surface area (Å²) in [4.78, 5) is 25.8. The van der Waals surface area contributed by atoms with Gasteiger partial charge in [-0.1, -0.05) is 11.8 Å². The molecule has 2 fully saturated rings. The number of ether oxygens (including phenoxy) is 1. The van der Waals surface area contributed by atoms with Gasteiger partial charge in [-0.3, -0.25) is 9.59 Å². The first-order chi connectivity index (χ1) is 13.6. The first kappa shape index (κ1) is 18.9. The number of rotatable bonds is 3. The van der Waals surface area contributed by atoms with E-state index in [4.69, 9.17) is 4.74 Å². The number of nitrogens with one attached hydrogen (secondary N) is 2. The maximum atomic E-state index is 12.7. The summed E-state index contributed by atoms with van der Waals surface area (Å²) >= 11 is 0. The van der Waals surface area contributed by atoms with Crippen molar-refractivity contribution in [2.24, 2.45) is 0 Å². The summed E-state index contributed by atoms with van der Waals surface area (Å²) in [6.45, 7) is 2.81. The van der Waals surface area contributed by atoms with Crippen molar-refractivity contribution in [3.05, 3.63) is 34.9 Å². The molecule has 0 spiro atoms. The molecule has 2 saturated heterocycles. The topological polar surface area (TPSA) is 90.9 Å². The van der Waals surface area contributed by atoms with Crippen molar-refractivity contribution in [3.63, 3.8) is 0 Å². The lowest BCUT2D eigenvalue weighted by molar-refractivity contribution is -0.129. The van der Waals surface area contributed by atoms with Crippen molar-refractivity contribution in [2.75, 3.05) is 19.7 Å². The largest absolute Gasteiger partial charge is 0.372 e. The van der Waals surface area contributed by atoms with Gasteiger partial charge in [0.1, 0.15) is 12.8 Å². The number of carbonyl (C=O) groups excluding carboxylic acids is 2. The Bertz CT molecular complexity index is 823. The highest BCUT2D eigenvalue weighted by Crippen LogP contribution is 2.28. The highest BCUT2D eigenvalue weighted by Gasteiger charge is 2.38. The fraction of sp³-hybridized carbons (Fsp3) is 0.524. The molecule has 3 N–H and O–H groups in total. The maximum Gasteiger partial charge on any atom is 0.254 e. The Hall–Kier alpha value is -2.40. The third-order valence-electron chi connectivity index (χ3n) is 5.59. The van der Waals surface area contributed by atoms with E-state index in [0.717, 1.165) is 37.1 Å². The number of piperidine rings is 2. The number of aliphatic hydroxyl groups is 1. The SMILES string of the molecule is O=C1CCC(N2Cc3cc(C#CCOC4CCNCC4)ccc3C2=O)C(O)N1. The van der Waals surface area contributed by atoms with Gasteiger partial charge in [0.2, 0.25) is 5.91 Å². The zero-order chi connectivity index (χ0) is 19.5. The molecule has 148 valence electrons. The lowest BCUT2D eigenvalue weighted by atomic mass is 10.0. The van der Waals surface area contributed by atoms with Crippen LogP contribution in [-0.4, -0.2) is 59.9 Å². The molecule has 0 bridgehead atoms. The third-order valence-corrected chi connectivity index (χ3v) is 5.59. The molecule has 0 aromatic heterocycles. The summed E-state index contributed by atoms with van der Waals surface area (Å²) in [5.41, 5.74) is 2.39. The number of hydrogen-bond donors (Lipinski definition) is 3. The van der Waals surface area contributed by atoms with E-state index in [9.17, 15) is 14.7 Å². The van der Waals surface area contributed by atoms with E-state index in [1.165, 1.54) is 0 Å². The summed E-state index contributed by atoms with van der Waals surface area (Å²) < 4.78 is 5.79. The van der Waals surface area contributed by atoms with Crippen molar-refractivity contribution in [2.45, 2.75) is 50.6 Å². The average Bonchev–Trinajstić information content (AvgIpc) is 3.02. The van der Waals surface area contributed by atoms with Crippen LogP contribution in [0.25, 0.3) is 0 Å². The number of aliphatic hydroxyl groups excluding tert-OH is 1. The fourth-order valence-electron chi connectivity index (χ4n) is 4.05. The van der Waals surface area contributed by atoms with Crippen LogP contribution < -0.4 is 10.6 Å². The van der Waals surface area contributed by atoms with Crippen LogP contribution in [-0.2, 0) is 16.1 Å². The Morgan fingerprint density at radius 1 is 1.21 bits per heavy atom. The molecule has 7 heteroatoms. The van der Waals surface area contributed by atoms with E-state index >= 15 is 0 Å². The van der Waals surface area contributed by atoms with Gasteiger partial charge >= 0.3 is 0 Å². The molecular weight excluding hydrogens is 358 g/mol. The van der Waals surface area contributed by atoms with Crippen molar-refractivity contribution < 1.29 is 19.4 Å². The van der Waals surface area contributed by atoms with E-state index in [2.05, 4.69) is 22.5 Å². The van der Waals surface area contributed by atoms with Gasteiger partial charge in [-0.15, -0.1) is 0 Å². The van der Waals surface area contributed by atoms with E-state index in [0.29, 0.717) is 31.6 Å². The summed E-state index contributed by atoms with van der Waals surface area (Å²) in [6, 6.07) is 5.17. The summed E-state index contributed by atoms with van der Waals surface area (Å²) in [6.07, 6.45) is 2.08. The monoisotopic (exact) mass is 383 g/mol. The maximum absolute atomic E-state index is 12.7. The fourth-order valence-corrected chi connectivity index (χ4v) is 4.05. The zero-order valence-electron chi connectivity index (χ0n) is 15.7. The molecule has 3 aliphatic rings. The molecule has 0 radical (unpaired) electrons. The van der Waals surface area contributed by atoms with Crippen LogP contribution in [0.1, 0.15) is 47.2 Å². The molecular formula is C21H25N3O4. The number of benzene rings is 1. The normalized spacial score (nSPS) is 25.1. The standard InChI is InChI=1S/C21H25N3O4/c25-19-6-5-18(20(26)23-19)24-13-15-12-14(3-4-17(15)21(24)27)2-1-11-28-16-7-9-22-10-8-16/h3-4,12,16,18,20,22,26H,5-11,13H2,(H,23,25). The second-order valence-corrected chi connectivity index (χ2v) is 7.49. The Kier molecular flexibility index (Phi) is 5.62. The Labute approximate surface area is 164 Å². The second-order valence-electron chi connectivity index (χ2n) is 7.49. The number of fused-ring (bicyclic) bond motifs is 1. The molecule has 0 aliphatic carbocycles. The predicted octanol–water partition coefficient (Wildman–Crippen LogP) is 0.359. The van der Waals surface area contributed by atoms with Crippen LogP contribution in [0.4, 0.5) is 0 Å². The van der Waals surface area contributed by atoms with Gasteiger partial charge in [0.05, 0.1) is 12.1 Å². The van der Waals surface area contributed by atoms with Crippen LogP contribution in [0, 0.1) is 11.8 Å².